The number of alkyl halides is 3. The summed E-state index contributed by atoms with van der Waals surface area (Å²) in [6, 6.07) is 7.94. The first-order valence-electron chi connectivity index (χ1n) is 13.0. The Balaban J connectivity index is 0.000000348. The van der Waals surface area contributed by atoms with E-state index in [9.17, 15) is 18.0 Å². The molecular formula is C28H29ClF3N5O3. The number of amides is 1. The summed E-state index contributed by atoms with van der Waals surface area (Å²) in [4.78, 5) is 25.5. The Morgan fingerprint density at radius 2 is 1.88 bits per heavy atom. The summed E-state index contributed by atoms with van der Waals surface area (Å²) in [5, 5.41) is 9.49. The maximum Gasteiger partial charge on any atom is 0.434 e. The number of nitrogens with zero attached hydrogens (tertiary/aromatic N) is 5. The fourth-order valence-corrected chi connectivity index (χ4v) is 5.55. The minimum atomic E-state index is -4.49. The van der Waals surface area contributed by atoms with Gasteiger partial charge in [0.2, 0.25) is 6.41 Å². The number of pyridine rings is 1. The van der Waals surface area contributed by atoms with Gasteiger partial charge in [0.15, 0.2) is 5.69 Å². The molecular weight excluding hydrogens is 547 g/mol. The number of carbonyl (C=O) groups excluding carboxylic acids is 1. The first-order chi connectivity index (χ1) is 19.0. The van der Waals surface area contributed by atoms with E-state index >= 15 is 0 Å². The molecule has 0 saturated carbocycles. The molecule has 1 spiro atoms. The number of β-amino-alcohol motifs (C(OH)–C–C–N with tert-alkyl or cyclic N) is 1. The van der Waals surface area contributed by atoms with Gasteiger partial charge in [0.25, 0.3) is 0 Å². The molecule has 2 fully saturated rings. The van der Waals surface area contributed by atoms with Gasteiger partial charge in [-0.2, -0.15) is 13.2 Å². The molecule has 1 atom stereocenters. The smallest absolute Gasteiger partial charge is 0.434 e. The lowest BCUT2D eigenvalue weighted by Crippen LogP contribution is -2.47. The Morgan fingerprint density at radius 3 is 2.45 bits per heavy atom. The summed E-state index contributed by atoms with van der Waals surface area (Å²) in [5.74, 6) is 1.22. The van der Waals surface area contributed by atoms with E-state index in [1.165, 1.54) is 6.20 Å². The SMILES string of the molecule is Cc1ccc(-c2cc3c(cn2)OC2(CCN(c4cnc(C(F)(F)F)cn4)CC2)C3)c(Cl)c1.O=CN1CCC(O)C1. The molecule has 12 heteroatoms. The van der Waals surface area contributed by atoms with E-state index in [0.717, 1.165) is 66.4 Å². The van der Waals surface area contributed by atoms with Gasteiger partial charge in [0.05, 0.1) is 35.4 Å². The Bertz CT molecular complexity index is 1360. The summed E-state index contributed by atoms with van der Waals surface area (Å²) >= 11 is 6.42. The van der Waals surface area contributed by atoms with Crippen molar-refractivity contribution in [1.29, 1.82) is 0 Å². The number of aliphatic hydroxyl groups excluding tert-OH is 1. The number of hydrogen-bond acceptors (Lipinski definition) is 7. The van der Waals surface area contributed by atoms with Crippen LogP contribution in [-0.4, -0.2) is 69.3 Å². The lowest BCUT2D eigenvalue weighted by molar-refractivity contribution is -0.141. The normalized spacial score (nSPS) is 19.6. The van der Waals surface area contributed by atoms with Crippen molar-refractivity contribution in [1.82, 2.24) is 19.9 Å². The van der Waals surface area contributed by atoms with Crippen LogP contribution in [0.2, 0.25) is 5.02 Å². The minimum absolute atomic E-state index is 0.278. The van der Waals surface area contributed by atoms with E-state index in [2.05, 4.69) is 15.0 Å². The summed E-state index contributed by atoms with van der Waals surface area (Å²) in [5.41, 5.74) is 2.56. The molecule has 1 aromatic carbocycles. The molecule has 40 heavy (non-hydrogen) atoms. The molecule has 5 heterocycles. The van der Waals surface area contributed by atoms with Crippen molar-refractivity contribution in [3.8, 4) is 17.0 Å². The van der Waals surface area contributed by atoms with Crippen molar-refractivity contribution < 1.29 is 27.8 Å². The average molecular weight is 576 g/mol. The number of ether oxygens (including phenoxy) is 1. The fraction of sp³-hybridized carbons (Fsp3) is 0.429. The second kappa shape index (κ2) is 11.2. The van der Waals surface area contributed by atoms with Crippen LogP contribution in [0.3, 0.4) is 0 Å². The number of likely N-dealkylation sites (tertiary alicyclic amines) is 1. The van der Waals surface area contributed by atoms with Crippen LogP contribution in [0.4, 0.5) is 19.0 Å². The van der Waals surface area contributed by atoms with Gasteiger partial charge in [-0.15, -0.1) is 0 Å². The maximum atomic E-state index is 12.7. The number of carbonyl (C=O) groups is 1. The Labute approximate surface area is 234 Å². The van der Waals surface area contributed by atoms with Crippen molar-refractivity contribution in [2.24, 2.45) is 0 Å². The molecule has 2 saturated heterocycles. The highest BCUT2D eigenvalue weighted by atomic mass is 35.5. The zero-order valence-corrected chi connectivity index (χ0v) is 22.6. The van der Waals surface area contributed by atoms with E-state index in [1.54, 1.807) is 11.1 Å². The summed E-state index contributed by atoms with van der Waals surface area (Å²) < 4.78 is 44.5. The predicted octanol–water partition coefficient (Wildman–Crippen LogP) is 4.70. The van der Waals surface area contributed by atoms with Crippen LogP contribution in [0, 0.1) is 6.92 Å². The van der Waals surface area contributed by atoms with E-state index in [4.69, 9.17) is 21.4 Å². The third-order valence-corrected chi connectivity index (χ3v) is 7.77. The number of halogens is 4. The number of fused-ring (bicyclic) bond motifs is 1. The molecule has 3 aliphatic heterocycles. The molecule has 0 bridgehead atoms. The lowest BCUT2D eigenvalue weighted by Gasteiger charge is -2.39. The van der Waals surface area contributed by atoms with E-state index < -0.39 is 11.9 Å². The number of aryl methyl sites for hydroxylation is 1. The number of aliphatic hydroxyl groups is 1. The minimum Gasteiger partial charge on any atom is -0.485 e. The number of hydrogen-bond donors (Lipinski definition) is 1. The highest BCUT2D eigenvalue weighted by molar-refractivity contribution is 6.33. The maximum absolute atomic E-state index is 12.7. The Hall–Kier alpha value is -3.44. The van der Waals surface area contributed by atoms with Gasteiger partial charge in [-0.1, -0.05) is 23.7 Å². The standard InChI is InChI=1S/C23H20ClF3N4O.C5H9NO2/c1-14-2-3-16(17(24)8-14)18-9-15-10-22(32-19(15)11-28-18)4-6-31(7-5-22)21-13-29-20(12-30-21)23(25,26)27;7-4-6-2-1-5(8)3-6/h2-3,8-9,11-13H,4-7,10H2,1H3;4-5,8H,1-3H2. The van der Waals surface area contributed by atoms with Crippen molar-refractivity contribution in [2.75, 3.05) is 31.1 Å². The molecule has 6 rings (SSSR count). The second-order valence-electron chi connectivity index (χ2n) is 10.4. The monoisotopic (exact) mass is 575 g/mol. The number of rotatable bonds is 3. The van der Waals surface area contributed by atoms with Crippen LogP contribution in [-0.2, 0) is 17.4 Å². The van der Waals surface area contributed by atoms with Crippen LogP contribution in [0.1, 0.15) is 36.1 Å². The van der Waals surface area contributed by atoms with Gasteiger partial charge in [-0.25, -0.2) is 9.97 Å². The van der Waals surface area contributed by atoms with Crippen molar-refractivity contribution in [2.45, 2.75) is 50.5 Å². The van der Waals surface area contributed by atoms with Gasteiger partial charge in [-0.05, 0) is 31.0 Å². The topological polar surface area (TPSA) is 91.7 Å². The van der Waals surface area contributed by atoms with Crippen LogP contribution >= 0.6 is 11.6 Å². The number of piperidine rings is 1. The third-order valence-electron chi connectivity index (χ3n) is 7.46. The average Bonchev–Trinajstić information content (AvgIpc) is 3.51. The largest absolute Gasteiger partial charge is 0.485 e. The molecule has 0 aliphatic carbocycles. The van der Waals surface area contributed by atoms with Gasteiger partial charge >= 0.3 is 6.18 Å². The van der Waals surface area contributed by atoms with Crippen LogP contribution in [0.5, 0.6) is 5.75 Å². The van der Waals surface area contributed by atoms with E-state index in [-0.39, 0.29) is 11.7 Å². The molecule has 1 N–H and O–H groups in total. The highest BCUT2D eigenvalue weighted by Crippen LogP contribution is 2.43. The molecule has 212 valence electrons. The van der Waals surface area contributed by atoms with Crippen LogP contribution in [0.25, 0.3) is 11.3 Å². The zero-order valence-electron chi connectivity index (χ0n) is 21.9. The first kappa shape index (κ1) is 28.1. The van der Waals surface area contributed by atoms with Gasteiger partial charge in [0.1, 0.15) is 17.2 Å². The number of anilines is 1. The van der Waals surface area contributed by atoms with Crippen LogP contribution < -0.4 is 9.64 Å². The van der Waals surface area contributed by atoms with Crippen molar-refractivity contribution in [3.63, 3.8) is 0 Å². The lowest BCUT2D eigenvalue weighted by atomic mass is 9.87. The predicted molar refractivity (Wildman–Crippen MR) is 143 cm³/mol. The molecule has 1 amide bonds. The first-order valence-corrected chi connectivity index (χ1v) is 13.4. The highest BCUT2D eigenvalue weighted by Gasteiger charge is 2.43. The number of aromatic nitrogens is 3. The molecule has 8 nitrogen and oxygen atoms in total. The van der Waals surface area contributed by atoms with Crippen LogP contribution in [0.15, 0.2) is 42.9 Å². The summed E-state index contributed by atoms with van der Waals surface area (Å²) in [7, 11) is 0. The fourth-order valence-electron chi connectivity index (χ4n) is 5.22. The van der Waals surface area contributed by atoms with Crippen molar-refractivity contribution >= 4 is 23.8 Å². The van der Waals surface area contributed by atoms with Gasteiger partial charge < -0.3 is 19.6 Å². The van der Waals surface area contributed by atoms with Crippen molar-refractivity contribution in [3.05, 3.63) is 64.7 Å². The molecule has 3 aliphatic rings. The summed E-state index contributed by atoms with van der Waals surface area (Å²) in [6.07, 6.45) is 2.68. The summed E-state index contributed by atoms with van der Waals surface area (Å²) in [6.45, 7) is 4.47. The molecule has 2 aromatic heterocycles. The quantitative estimate of drug-likeness (QED) is 0.453. The van der Waals surface area contributed by atoms with E-state index in [1.807, 2.05) is 36.1 Å². The third kappa shape index (κ3) is 6.15. The molecule has 0 radical (unpaired) electrons. The second-order valence-corrected chi connectivity index (χ2v) is 10.8. The van der Waals surface area contributed by atoms with Gasteiger partial charge in [0, 0.05) is 56.6 Å². The van der Waals surface area contributed by atoms with E-state index in [0.29, 0.717) is 37.0 Å². The molecule has 3 aromatic rings. The molecule has 1 unspecified atom stereocenters. The van der Waals surface area contributed by atoms with Gasteiger partial charge in [-0.3, -0.25) is 9.78 Å². The Kier molecular flexibility index (Phi) is 7.87. The number of benzene rings is 1. The zero-order chi connectivity index (χ0) is 28.5. The Morgan fingerprint density at radius 1 is 1.10 bits per heavy atom.